The predicted octanol–water partition coefficient (Wildman–Crippen LogP) is 3.98. The molecule has 2 aromatic rings. The summed E-state index contributed by atoms with van der Waals surface area (Å²) in [5.74, 6) is 0.806. The Morgan fingerprint density at radius 1 is 1.05 bits per heavy atom. The van der Waals surface area contributed by atoms with E-state index in [0.717, 1.165) is 22.4 Å². The van der Waals surface area contributed by atoms with E-state index in [1.807, 2.05) is 54.6 Å². The number of oxime groups is 1. The van der Waals surface area contributed by atoms with Crippen LogP contribution in [-0.4, -0.2) is 18.0 Å². The van der Waals surface area contributed by atoms with Gasteiger partial charge >= 0.3 is 0 Å². The normalized spacial score (nSPS) is 11.2. The average Bonchev–Trinajstić information content (AvgIpc) is 2.53. The highest BCUT2D eigenvalue weighted by Crippen LogP contribution is 2.21. The van der Waals surface area contributed by atoms with Gasteiger partial charge in [-0.1, -0.05) is 54.2 Å². The minimum absolute atomic E-state index is 0.493. The second-order valence-electron chi connectivity index (χ2n) is 4.42. The Hall–Kier alpha value is -2.55. The molecule has 0 aliphatic carbocycles. The van der Waals surface area contributed by atoms with E-state index in [1.165, 1.54) is 0 Å². The first-order valence-corrected chi connectivity index (χ1v) is 6.33. The van der Waals surface area contributed by atoms with Gasteiger partial charge in [0, 0.05) is 6.42 Å². The third-order valence-electron chi connectivity index (χ3n) is 3.11. The molecule has 1 N–H and O–H groups in total. The van der Waals surface area contributed by atoms with E-state index >= 15 is 0 Å². The van der Waals surface area contributed by atoms with Gasteiger partial charge in [-0.3, -0.25) is 0 Å². The first kappa shape index (κ1) is 13.9. The lowest BCUT2D eigenvalue weighted by atomic mass is 9.98. The lowest BCUT2D eigenvalue weighted by molar-refractivity contribution is 0.318. The van der Waals surface area contributed by atoms with E-state index in [-0.39, 0.29) is 0 Å². The third-order valence-corrected chi connectivity index (χ3v) is 3.11. The molecular weight excluding hydrogens is 250 g/mol. The van der Waals surface area contributed by atoms with Gasteiger partial charge in [0.2, 0.25) is 0 Å². The van der Waals surface area contributed by atoms with Gasteiger partial charge < -0.3 is 9.94 Å². The Labute approximate surface area is 118 Å². The van der Waals surface area contributed by atoms with Crippen LogP contribution in [0.25, 0.3) is 5.57 Å². The number of allylic oxidation sites excluding steroid dienone is 1. The predicted molar refractivity (Wildman–Crippen MR) is 81.4 cm³/mol. The van der Waals surface area contributed by atoms with Gasteiger partial charge in [0.15, 0.2) is 0 Å². The van der Waals surface area contributed by atoms with Crippen LogP contribution in [0.5, 0.6) is 5.75 Å². The fourth-order valence-corrected chi connectivity index (χ4v) is 1.96. The number of hydrogen-bond donors (Lipinski definition) is 1. The van der Waals surface area contributed by atoms with Gasteiger partial charge in [-0.2, -0.15) is 0 Å². The molecule has 0 aromatic heterocycles. The van der Waals surface area contributed by atoms with E-state index in [1.54, 1.807) is 7.11 Å². The molecule has 3 nitrogen and oxygen atoms in total. The summed E-state index contributed by atoms with van der Waals surface area (Å²) in [6, 6.07) is 17.2. The minimum Gasteiger partial charge on any atom is -0.497 e. The van der Waals surface area contributed by atoms with Crippen molar-refractivity contribution >= 4 is 11.3 Å². The fourth-order valence-electron chi connectivity index (χ4n) is 1.96. The molecule has 0 fully saturated rings. The smallest absolute Gasteiger partial charge is 0.118 e. The Morgan fingerprint density at radius 3 is 2.25 bits per heavy atom. The molecule has 0 aliphatic rings. The van der Waals surface area contributed by atoms with Gasteiger partial charge in [-0.25, -0.2) is 0 Å². The van der Waals surface area contributed by atoms with Crippen LogP contribution in [0.3, 0.4) is 0 Å². The number of benzene rings is 2. The van der Waals surface area contributed by atoms with Gasteiger partial charge in [-0.05, 0) is 28.8 Å². The van der Waals surface area contributed by atoms with E-state index in [4.69, 9.17) is 4.74 Å². The standard InChI is InChI=1S/C17H17NO2/c1-13(14-8-10-16(20-2)11-9-14)12-17(18-19)15-6-4-3-5-7-15/h3-11,19H,1,12H2,2H3/b18-17-. The average molecular weight is 267 g/mol. The molecule has 0 heterocycles. The summed E-state index contributed by atoms with van der Waals surface area (Å²) in [7, 11) is 1.63. The molecule has 20 heavy (non-hydrogen) atoms. The SMILES string of the molecule is C=C(C/C(=N/O)c1ccccc1)c1ccc(OC)cc1. The van der Waals surface area contributed by atoms with Crippen LogP contribution in [0.2, 0.25) is 0 Å². The van der Waals surface area contributed by atoms with Crippen molar-refractivity contribution in [2.75, 3.05) is 7.11 Å². The fraction of sp³-hybridized carbons (Fsp3) is 0.118. The molecular formula is C17H17NO2. The van der Waals surface area contributed by atoms with Crippen molar-refractivity contribution in [3.63, 3.8) is 0 Å². The van der Waals surface area contributed by atoms with E-state index in [0.29, 0.717) is 12.1 Å². The molecule has 0 unspecified atom stereocenters. The molecule has 102 valence electrons. The molecule has 0 saturated carbocycles. The highest BCUT2D eigenvalue weighted by atomic mass is 16.5. The number of methoxy groups -OCH3 is 1. The molecule has 0 spiro atoms. The van der Waals surface area contributed by atoms with Gasteiger partial charge in [0.1, 0.15) is 5.75 Å². The maximum absolute atomic E-state index is 9.18. The summed E-state index contributed by atoms with van der Waals surface area (Å²) in [6.07, 6.45) is 0.493. The molecule has 0 saturated heterocycles. The van der Waals surface area contributed by atoms with Crippen molar-refractivity contribution in [1.29, 1.82) is 0 Å². The first-order valence-electron chi connectivity index (χ1n) is 6.33. The van der Waals surface area contributed by atoms with Crippen molar-refractivity contribution in [2.45, 2.75) is 6.42 Å². The zero-order valence-electron chi connectivity index (χ0n) is 11.4. The summed E-state index contributed by atoms with van der Waals surface area (Å²) >= 11 is 0. The molecule has 0 atom stereocenters. The minimum atomic E-state index is 0.493. The van der Waals surface area contributed by atoms with Gasteiger partial charge in [-0.15, -0.1) is 0 Å². The second kappa shape index (κ2) is 6.57. The lowest BCUT2D eigenvalue weighted by Crippen LogP contribution is -2.02. The van der Waals surface area contributed by atoms with Crippen LogP contribution in [0.15, 0.2) is 66.3 Å². The Balaban J connectivity index is 2.13. The topological polar surface area (TPSA) is 41.8 Å². The molecule has 0 amide bonds. The molecule has 0 aliphatic heterocycles. The van der Waals surface area contributed by atoms with Gasteiger partial charge in [0.05, 0.1) is 12.8 Å². The largest absolute Gasteiger partial charge is 0.497 e. The van der Waals surface area contributed by atoms with Crippen LogP contribution in [0, 0.1) is 0 Å². The number of rotatable bonds is 5. The van der Waals surface area contributed by atoms with E-state index in [9.17, 15) is 5.21 Å². The number of ether oxygens (including phenoxy) is 1. The Morgan fingerprint density at radius 2 is 1.70 bits per heavy atom. The highest BCUT2D eigenvalue weighted by Gasteiger charge is 2.08. The van der Waals surface area contributed by atoms with Crippen LogP contribution < -0.4 is 4.74 Å². The van der Waals surface area contributed by atoms with Crippen molar-refractivity contribution in [2.24, 2.45) is 5.16 Å². The van der Waals surface area contributed by atoms with E-state index < -0.39 is 0 Å². The van der Waals surface area contributed by atoms with Crippen molar-refractivity contribution < 1.29 is 9.94 Å². The molecule has 2 aromatic carbocycles. The molecule has 2 rings (SSSR count). The Bertz CT molecular complexity index is 601. The zero-order valence-corrected chi connectivity index (χ0v) is 11.4. The lowest BCUT2D eigenvalue weighted by Gasteiger charge is -2.09. The van der Waals surface area contributed by atoms with Crippen LogP contribution >= 0.6 is 0 Å². The highest BCUT2D eigenvalue weighted by molar-refractivity contribution is 6.05. The summed E-state index contributed by atoms with van der Waals surface area (Å²) in [5.41, 5.74) is 3.39. The Kier molecular flexibility index (Phi) is 4.56. The summed E-state index contributed by atoms with van der Waals surface area (Å²) in [4.78, 5) is 0. The summed E-state index contributed by atoms with van der Waals surface area (Å²) in [5, 5.41) is 12.6. The molecule has 0 radical (unpaired) electrons. The van der Waals surface area contributed by atoms with E-state index in [2.05, 4.69) is 11.7 Å². The molecule has 3 heteroatoms. The summed E-state index contributed by atoms with van der Waals surface area (Å²) < 4.78 is 5.13. The zero-order chi connectivity index (χ0) is 14.4. The maximum atomic E-state index is 9.18. The third kappa shape index (κ3) is 3.26. The first-order chi connectivity index (χ1) is 9.74. The van der Waals surface area contributed by atoms with Crippen LogP contribution in [-0.2, 0) is 0 Å². The van der Waals surface area contributed by atoms with Crippen molar-refractivity contribution in [3.05, 3.63) is 72.3 Å². The van der Waals surface area contributed by atoms with Crippen molar-refractivity contribution in [3.8, 4) is 5.75 Å². The maximum Gasteiger partial charge on any atom is 0.118 e. The summed E-state index contributed by atoms with van der Waals surface area (Å²) in [6.45, 7) is 4.06. The number of hydrogen-bond acceptors (Lipinski definition) is 3. The van der Waals surface area contributed by atoms with Crippen LogP contribution in [0.4, 0.5) is 0 Å². The second-order valence-corrected chi connectivity index (χ2v) is 4.42. The van der Waals surface area contributed by atoms with Crippen molar-refractivity contribution in [1.82, 2.24) is 0 Å². The van der Waals surface area contributed by atoms with Gasteiger partial charge in [0.25, 0.3) is 0 Å². The quantitative estimate of drug-likeness (QED) is 0.506. The monoisotopic (exact) mass is 267 g/mol. The molecule has 0 bridgehead atoms. The number of nitrogens with zero attached hydrogens (tertiary/aromatic N) is 1. The van der Waals surface area contributed by atoms with Crippen LogP contribution in [0.1, 0.15) is 17.5 Å².